The lowest BCUT2D eigenvalue weighted by Crippen LogP contribution is -2.17. The van der Waals surface area contributed by atoms with Crippen molar-refractivity contribution in [2.45, 2.75) is 19.3 Å². The van der Waals surface area contributed by atoms with Crippen molar-refractivity contribution in [3.05, 3.63) is 248 Å². The van der Waals surface area contributed by atoms with Gasteiger partial charge in [0, 0.05) is 22.2 Å². The van der Waals surface area contributed by atoms with Crippen LogP contribution in [0.2, 0.25) is 0 Å². The van der Waals surface area contributed by atoms with E-state index in [1.54, 1.807) is 0 Å². The van der Waals surface area contributed by atoms with Crippen LogP contribution in [0.25, 0.3) is 88.0 Å². The summed E-state index contributed by atoms with van der Waals surface area (Å²) in [6, 6.07) is 87.2. The van der Waals surface area contributed by atoms with Gasteiger partial charge in [0.1, 0.15) is 0 Å². The maximum atomic E-state index is 2.49. The first-order valence-electron chi connectivity index (χ1n) is 22.3. The van der Waals surface area contributed by atoms with Crippen LogP contribution in [0, 0.1) is 0 Å². The highest BCUT2D eigenvalue weighted by molar-refractivity contribution is 6.25. The highest BCUT2D eigenvalue weighted by Gasteiger charge is 2.38. The average Bonchev–Trinajstić information content (AvgIpc) is 3.60. The molecule has 1 aliphatic carbocycles. The fourth-order valence-electron chi connectivity index (χ4n) is 10.8. The summed E-state index contributed by atoms with van der Waals surface area (Å²) < 4.78 is 0. The quantitative estimate of drug-likeness (QED) is 0.145. The van der Waals surface area contributed by atoms with Gasteiger partial charge < -0.3 is 4.90 Å². The zero-order chi connectivity index (χ0) is 42.8. The van der Waals surface area contributed by atoms with E-state index in [-0.39, 0.29) is 5.41 Å². The highest BCUT2D eigenvalue weighted by atomic mass is 15.1. The van der Waals surface area contributed by atoms with Crippen LogP contribution in [-0.2, 0) is 5.41 Å². The van der Waals surface area contributed by atoms with Gasteiger partial charge in [-0.2, -0.15) is 0 Å². The Hall–Kier alpha value is -8.00. The van der Waals surface area contributed by atoms with Gasteiger partial charge in [-0.05, 0) is 118 Å². The van der Waals surface area contributed by atoms with E-state index in [1.807, 2.05) is 0 Å². The minimum atomic E-state index is -0.177. The second-order valence-corrected chi connectivity index (χ2v) is 17.6. The third kappa shape index (κ3) is 6.00. The average molecular weight is 816 g/mol. The molecule has 0 saturated heterocycles. The van der Waals surface area contributed by atoms with Crippen molar-refractivity contribution < 1.29 is 0 Å². The van der Waals surface area contributed by atoms with E-state index in [2.05, 4.69) is 255 Å². The van der Waals surface area contributed by atoms with Crippen LogP contribution in [0.4, 0.5) is 17.1 Å². The normalized spacial score (nSPS) is 12.7. The summed E-state index contributed by atoms with van der Waals surface area (Å²) in [6.45, 7) is 4.77. The van der Waals surface area contributed by atoms with Crippen molar-refractivity contribution in [1.82, 2.24) is 0 Å². The topological polar surface area (TPSA) is 3.24 Å². The van der Waals surface area contributed by atoms with Gasteiger partial charge >= 0.3 is 0 Å². The lowest BCUT2D eigenvalue weighted by molar-refractivity contribution is 0.662. The Labute approximate surface area is 375 Å². The maximum Gasteiger partial charge on any atom is 0.0546 e. The zero-order valence-electron chi connectivity index (χ0n) is 36.0. The Morgan fingerprint density at radius 2 is 0.766 bits per heavy atom. The molecule has 0 heterocycles. The standard InChI is InChI=1S/C63H45N/c1-63(2)58-32-15-13-28-53(58)55-30-17-31-56(62(55)63)54-29-18-34-60(61(54)44-21-7-4-8-22-44)64(59-33-16-14-23-47(59)43-19-5-3-6-20-43)46-38-35-42(36-39-46)45-37-40-52-50-26-10-9-24-48(50)49-25-11-12-27-51(49)57(52)41-45/h3-41H,1-2H3. The highest BCUT2D eigenvalue weighted by Crippen LogP contribution is 2.55. The predicted octanol–water partition coefficient (Wildman–Crippen LogP) is 17.6. The molecule has 0 fully saturated rings. The molecule has 1 aliphatic rings. The summed E-state index contributed by atoms with van der Waals surface area (Å²) in [5.41, 5.74) is 18.1. The molecular weight excluding hydrogens is 771 g/mol. The van der Waals surface area contributed by atoms with Gasteiger partial charge in [-0.1, -0.05) is 220 Å². The van der Waals surface area contributed by atoms with Crippen LogP contribution in [-0.4, -0.2) is 0 Å². The molecule has 1 heteroatoms. The molecule has 0 aromatic heterocycles. The fraction of sp³-hybridized carbons (Fsp3) is 0.0476. The van der Waals surface area contributed by atoms with Crippen LogP contribution in [0.1, 0.15) is 25.0 Å². The SMILES string of the molecule is CC1(C)c2ccccc2-c2cccc(-c3cccc(N(c4ccc(-c5ccc6c7ccccc7c7ccccc7c6c5)cc4)c4ccccc4-c4ccccc4)c3-c3ccccc3)c21. The maximum absolute atomic E-state index is 2.49. The molecule has 0 bridgehead atoms. The molecule has 12 rings (SSSR count). The van der Waals surface area contributed by atoms with E-state index in [9.17, 15) is 0 Å². The molecule has 0 radical (unpaired) electrons. The summed E-state index contributed by atoms with van der Waals surface area (Å²) >= 11 is 0. The summed E-state index contributed by atoms with van der Waals surface area (Å²) in [5, 5.41) is 7.71. The van der Waals surface area contributed by atoms with Gasteiger partial charge in [-0.25, -0.2) is 0 Å². The first kappa shape index (κ1) is 37.7. The molecule has 0 spiro atoms. The molecule has 0 amide bonds. The van der Waals surface area contributed by atoms with E-state index in [0.29, 0.717) is 0 Å². The van der Waals surface area contributed by atoms with Crippen molar-refractivity contribution in [1.29, 1.82) is 0 Å². The van der Waals surface area contributed by atoms with Gasteiger partial charge in [-0.3, -0.25) is 0 Å². The summed E-state index contributed by atoms with van der Waals surface area (Å²) in [6.07, 6.45) is 0. The number of benzene rings is 11. The Bertz CT molecular complexity index is 3530. The lowest BCUT2D eigenvalue weighted by Gasteiger charge is -2.32. The van der Waals surface area contributed by atoms with Crippen molar-refractivity contribution in [3.8, 4) is 55.6 Å². The van der Waals surface area contributed by atoms with E-state index in [1.165, 1.54) is 99.1 Å². The van der Waals surface area contributed by atoms with Gasteiger partial charge in [0.2, 0.25) is 0 Å². The Kier molecular flexibility index (Phi) is 8.91. The van der Waals surface area contributed by atoms with Crippen LogP contribution < -0.4 is 4.90 Å². The molecule has 0 aliphatic heterocycles. The van der Waals surface area contributed by atoms with Gasteiger partial charge in [0.05, 0.1) is 11.4 Å². The molecule has 11 aromatic carbocycles. The van der Waals surface area contributed by atoms with Crippen molar-refractivity contribution in [2.24, 2.45) is 0 Å². The molecule has 0 saturated carbocycles. The van der Waals surface area contributed by atoms with Gasteiger partial charge in [0.15, 0.2) is 0 Å². The lowest BCUT2D eigenvalue weighted by atomic mass is 9.77. The molecule has 0 N–H and O–H groups in total. The number of hydrogen-bond acceptors (Lipinski definition) is 1. The van der Waals surface area contributed by atoms with E-state index >= 15 is 0 Å². The third-order valence-electron chi connectivity index (χ3n) is 13.6. The molecular formula is C63H45N. The first-order chi connectivity index (χ1) is 31.5. The van der Waals surface area contributed by atoms with Crippen LogP contribution in [0.15, 0.2) is 237 Å². The van der Waals surface area contributed by atoms with Crippen molar-refractivity contribution in [3.63, 3.8) is 0 Å². The smallest absolute Gasteiger partial charge is 0.0546 e. The number of rotatable bonds is 7. The second-order valence-electron chi connectivity index (χ2n) is 17.6. The Morgan fingerprint density at radius 3 is 1.45 bits per heavy atom. The van der Waals surface area contributed by atoms with Crippen LogP contribution in [0.3, 0.4) is 0 Å². The zero-order valence-corrected chi connectivity index (χ0v) is 36.0. The monoisotopic (exact) mass is 815 g/mol. The number of fused-ring (bicyclic) bond motifs is 9. The Morgan fingerprint density at radius 1 is 0.297 bits per heavy atom. The van der Waals surface area contributed by atoms with E-state index < -0.39 is 0 Å². The fourth-order valence-corrected chi connectivity index (χ4v) is 10.8. The number of anilines is 3. The minimum absolute atomic E-state index is 0.177. The molecule has 302 valence electrons. The predicted molar refractivity (Wildman–Crippen MR) is 273 cm³/mol. The third-order valence-corrected chi connectivity index (χ3v) is 13.6. The Balaban J connectivity index is 1.08. The number of hydrogen-bond donors (Lipinski definition) is 0. The summed E-state index contributed by atoms with van der Waals surface area (Å²) in [5.74, 6) is 0. The molecule has 11 aromatic rings. The van der Waals surface area contributed by atoms with Crippen molar-refractivity contribution >= 4 is 49.4 Å². The van der Waals surface area contributed by atoms with Crippen LogP contribution >= 0.6 is 0 Å². The minimum Gasteiger partial charge on any atom is -0.309 e. The molecule has 0 atom stereocenters. The molecule has 1 nitrogen and oxygen atoms in total. The van der Waals surface area contributed by atoms with Gasteiger partial charge in [-0.15, -0.1) is 0 Å². The molecule has 64 heavy (non-hydrogen) atoms. The van der Waals surface area contributed by atoms with E-state index in [0.717, 1.165) is 17.1 Å². The largest absolute Gasteiger partial charge is 0.309 e. The molecule has 0 unspecified atom stereocenters. The second kappa shape index (κ2) is 15.1. The van der Waals surface area contributed by atoms with Crippen LogP contribution in [0.5, 0.6) is 0 Å². The van der Waals surface area contributed by atoms with Gasteiger partial charge in [0.25, 0.3) is 0 Å². The summed E-state index contributed by atoms with van der Waals surface area (Å²) in [4.78, 5) is 2.49. The van der Waals surface area contributed by atoms with Crippen molar-refractivity contribution in [2.75, 3.05) is 4.90 Å². The first-order valence-corrected chi connectivity index (χ1v) is 22.3. The number of nitrogens with zero attached hydrogens (tertiary/aromatic N) is 1. The summed E-state index contributed by atoms with van der Waals surface area (Å²) in [7, 11) is 0. The van der Waals surface area contributed by atoms with E-state index in [4.69, 9.17) is 0 Å². The number of para-hydroxylation sites is 1.